The number of carbonyl (C=O) groups is 3. The lowest BCUT2D eigenvalue weighted by molar-refractivity contribution is -0.108. The number of nitrogens with one attached hydrogen (secondary N) is 1. The van der Waals surface area contributed by atoms with E-state index in [-0.39, 0.29) is 17.7 Å². The van der Waals surface area contributed by atoms with E-state index in [9.17, 15) is 19.5 Å². The van der Waals surface area contributed by atoms with Crippen LogP contribution in [-0.4, -0.2) is 45.9 Å². The Balaban J connectivity index is 1.08. The summed E-state index contributed by atoms with van der Waals surface area (Å²) in [5.74, 6) is 0.627. The normalized spacial score (nSPS) is 17.3. The van der Waals surface area contributed by atoms with Gasteiger partial charge in [0.05, 0.1) is 16.3 Å². The third-order valence-corrected chi connectivity index (χ3v) is 11.0. The Morgan fingerprint density at radius 3 is 2.60 bits per heavy atom. The van der Waals surface area contributed by atoms with Crippen LogP contribution in [0.2, 0.25) is 0 Å². The first-order chi connectivity index (χ1) is 24.4. The lowest BCUT2D eigenvalue weighted by Gasteiger charge is -2.31. The van der Waals surface area contributed by atoms with Crippen LogP contribution in [0, 0.1) is 12.8 Å². The number of amides is 1. The third kappa shape index (κ3) is 7.12. The predicted octanol–water partition coefficient (Wildman–Crippen LogP) is 8.49. The van der Waals surface area contributed by atoms with Crippen molar-refractivity contribution in [2.75, 3.05) is 16.8 Å². The molecule has 0 unspecified atom stereocenters. The van der Waals surface area contributed by atoms with E-state index in [0.29, 0.717) is 53.9 Å². The number of thiazole rings is 1. The molecule has 50 heavy (non-hydrogen) atoms. The summed E-state index contributed by atoms with van der Waals surface area (Å²) in [4.78, 5) is 48.1. The van der Waals surface area contributed by atoms with E-state index in [1.54, 1.807) is 0 Å². The third-order valence-electron chi connectivity index (χ3n) is 10.0. The minimum atomic E-state index is -1.10. The van der Waals surface area contributed by atoms with Gasteiger partial charge in [0.25, 0.3) is 5.91 Å². The van der Waals surface area contributed by atoms with Crippen molar-refractivity contribution >= 4 is 50.7 Å². The average Bonchev–Trinajstić information content (AvgIpc) is 3.55. The molecule has 0 spiro atoms. The number of rotatable bonds is 11. The predicted molar refractivity (Wildman–Crippen MR) is 196 cm³/mol. The second-order valence-electron chi connectivity index (χ2n) is 13.2. The smallest absolute Gasteiger partial charge is 0.355 e. The molecular weight excluding hydrogens is 649 g/mol. The highest BCUT2D eigenvalue weighted by Crippen LogP contribution is 2.37. The summed E-state index contributed by atoms with van der Waals surface area (Å²) in [6, 6.07) is 23.0. The molecule has 0 bridgehead atoms. The van der Waals surface area contributed by atoms with Gasteiger partial charge in [0, 0.05) is 30.6 Å². The number of anilines is 2. The van der Waals surface area contributed by atoms with Gasteiger partial charge in [-0.15, -0.1) is 0 Å². The summed E-state index contributed by atoms with van der Waals surface area (Å²) in [5.41, 5.74) is 5.58. The van der Waals surface area contributed by atoms with E-state index in [4.69, 9.17) is 9.72 Å². The number of para-hydroxylation sites is 1. The van der Waals surface area contributed by atoms with Crippen molar-refractivity contribution in [3.8, 4) is 16.9 Å². The molecule has 10 heteroatoms. The van der Waals surface area contributed by atoms with Crippen LogP contribution >= 0.6 is 11.3 Å². The number of carboxylic acids is 1. The summed E-state index contributed by atoms with van der Waals surface area (Å²) in [6.07, 6.45) is 8.60. The Kier molecular flexibility index (Phi) is 9.89. The molecule has 1 fully saturated rings. The van der Waals surface area contributed by atoms with Gasteiger partial charge in [-0.3, -0.25) is 10.1 Å². The van der Waals surface area contributed by atoms with Crippen LogP contribution in [0.5, 0.6) is 5.75 Å². The molecule has 1 aliphatic carbocycles. The Morgan fingerprint density at radius 1 is 0.980 bits per heavy atom. The highest BCUT2D eigenvalue weighted by molar-refractivity contribution is 7.22. The van der Waals surface area contributed by atoms with Gasteiger partial charge in [0.2, 0.25) is 0 Å². The zero-order chi connectivity index (χ0) is 34.6. The number of unbranched alkanes of at least 4 members (excludes halogenated alkanes) is 1. The van der Waals surface area contributed by atoms with Gasteiger partial charge in [-0.2, -0.15) is 0 Å². The molecule has 3 heterocycles. The van der Waals surface area contributed by atoms with Gasteiger partial charge < -0.3 is 19.5 Å². The molecule has 1 aliphatic heterocycles. The Bertz CT molecular complexity index is 2020. The number of pyridine rings is 1. The minimum absolute atomic E-state index is 0.0220. The van der Waals surface area contributed by atoms with Crippen LogP contribution in [0.4, 0.5) is 10.9 Å². The zero-order valence-corrected chi connectivity index (χ0v) is 28.9. The van der Waals surface area contributed by atoms with E-state index in [1.165, 1.54) is 11.3 Å². The van der Waals surface area contributed by atoms with Crippen molar-refractivity contribution in [1.82, 2.24) is 9.97 Å². The van der Waals surface area contributed by atoms with Crippen LogP contribution in [0.15, 0.2) is 72.8 Å². The molecule has 2 aliphatic rings. The van der Waals surface area contributed by atoms with Gasteiger partial charge >= 0.3 is 5.97 Å². The summed E-state index contributed by atoms with van der Waals surface area (Å²) in [5, 5.41) is 13.9. The van der Waals surface area contributed by atoms with Gasteiger partial charge in [-0.1, -0.05) is 54.2 Å². The van der Waals surface area contributed by atoms with E-state index in [2.05, 4.69) is 10.3 Å². The number of benzene rings is 3. The van der Waals surface area contributed by atoms with Crippen LogP contribution < -0.4 is 15.0 Å². The maximum absolute atomic E-state index is 13.5. The first kappa shape index (κ1) is 33.4. The van der Waals surface area contributed by atoms with E-state index in [0.717, 1.165) is 83.0 Å². The summed E-state index contributed by atoms with van der Waals surface area (Å²) in [7, 11) is 0. The molecule has 1 amide bonds. The van der Waals surface area contributed by atoms with Crippen molar-refractivity contribution in [2.45, 2.75) is 70.9 Å². The number of nitrogens with zero attached hydrogens (tertiary/aromatic N) is 3. The van der Waals surface area contributed by atoms with Gasteiger partial charge in [0.1, 0.15) is 17.9 Å². The molecule has 7 rings (SSSR count). The maximum Gasteiger partial charge on any atom is 0.355 e. The number of carbonyl (C=O) groups excluding carboxylic acids is 2. The van der Waals surface area contributed by atoms with Gasteiger partial charge in [0.15, 0.2) is 10.8 Å². The lowest BCUT2D eigenvalue weighted by atomic mass is 9.84. The van der Waals surface area contributed by atoms with Crippen LogP contribution in [-0.2, 0) is 17.8 Å². The molecule has 1 saturated carbocycles. The minimum Gasteiger partial charge on any atom is -0.490 e. The van der Waals surface area contributed by atoms with Crippen LogP contribution in [0.3, 0.4) is 0 Å². The first-order valence-electron chi connectivity index (χ1n) is 17.3. The van der Waals surface area contributed by atoms with Crippen molar-refractivity contribution in [3.05, 3.63) is 101 Å². The van der Waals surface area contributed by atoms with E-state index in [1.807, 2.05) is 84.6 Å². The molecule has 0 saturated heterocycles. The molecule has 256 valence electrons. The number of aromatic nitrogens is 2. The number of ether oxygens (including phenoxy) is 1. The van der Waals surface area contributed by atoms with Crippen LogP contribution in [0.25, 0.3) is 21.3 Å². The fourth-order valence-corrected chi connectivity index (χ4v) is 8.19. The second-order valence-corrected chi connectivity index (χ2v) is 14.2. The molecule has 9 nitrogen and oxygen atoms in total. The Labute approximate surface area is 295 Å². The topological polar surface area (TPSA) is 122 Å². The molecule has 3 aromatic carbocycles. The quantitative estimate of drug-likeness (QED) is 0.105. The van der Waals surface area contributed by atoms with Crippen molar-refractivity contribution < 1.29 is 24.2 Å². The standard InChI is InChI=1S/C40H40N4O5S/c1-25-29(10-7-13-34(25)49-28-17-15-26(16-18-28)8-4-5-23-45)30-19-20-36(42-37(30)39(47)48)44-22-21-27-9-6-11-31(32(27)24-44)38(46)43-40-41-33-12-2-3-14-35(33)50-40/h2-3,6-7,9-14,19-20,23,26,28H,4-5,8,15-18,21-22,24H2,1H3,(H,47,48)(H,41,43,46). The molecule has 0 atom stereocenters. The molecular formula is C40H40N4O5S. The van der Waals surface area contributed by atoms with Gasteiger partial charge in [-0.05, 0) is 110 Å². The molecule has 2 aromatic heterocycles. The number of fused-ring (bicyclic) bond motifs is 2. The fraction of sp³-hybridized carbons (Fsp3) is 0.325. The highest BCUT2D eigenvalue weighted by Gasteiger charge is 2.27. The lowest BCUT2D eigenvalue weighted by Crippen LogP contribution is -2.33. The SMILES string of the molecule is Cc1c(OC2CCC(CCCC=O)CC2)cccc1-c1ccc(N2CCc3cccc(C(=O)Nc4nc5ccccc5s4)c3C2)nc1C(=O)O. The highest BCUT2D eigenvalue weighted by atomic mass is 32.1. The number of hydrogen-bond donors (Lipinski definition) is 2. The van der Waals surface area contributed by atoms with E-state index < -0.39 is 5.97 Å². The largest absolute Gasteiger partial charge is 0.490 e. The Morgan fingerprint density at radius 2 is 1.80 bits per heavy atom. The number of hydrogen-bond acceptors (Lipinski definition) is 8. The summed E-state index contributed by atoms with van der Waals surface area (Å²) >= 11 is 1.44. The first-order valence-corrected chi connectivity index (χ1v) is 18.2. The second kappa shape index (κ2) is 14.8. The van der Waals surface area contributed by atoms with Gasteiger partial charge in [-0.25, -0.2) is 14.8 Å². The van der Waals surface area contributed by atoms with Crippen molar-refractivity contribution in [3.63, 3.8) is 0 Å². The molecule has 0 radical (unpaired) electrons. The fourth-order valence-electron chi connectivity index (χ4n) is 7.33. The number of aromatic carboxylic acids is 1. The Hall–Kier alpha value is -5.09. The molecule has 5 aromatic rings. The van der Waals surface area contributed by atoms with E-state index >= 15 is 0 Å². The summed E-state index contributed by atoms with van der Waals surface area (Å²) < 4.78 is 7.49. The van der Waals surface area contributed by atoms with Crippen LogP contribution in [0.1, 0.15) is 82.5 Å². The average molecular weight is 689 g/mol. The maximum atomic E-state index is 13.5. The monoisotopic (exact) mass is 688 g/mol. The summed E-state index contributed by atoms with van der Waals surface area (Å²) in [6.45, 7) is 3.03. The number of aldehydes is 1. The van der Waals surface area contributed by atoms with Crippen molar-refractivity contribution in [2.24, 2.45) is 5.92 Å². The van der Waals surface area contributed by atoms with Crippen molar-refractivity contribution in [1.29, 1.82) is 0 Å². The zero-order valence-electron chi connectivity index (χ0n) is 28.1. The molecule has 2 N–H and O–H groups in total. The number of carboxylic acid groups (broad SMARTS) is 1.